The van der Waals surface area contributed by atoms with Crippen LogP contribution in [-0.4, -0.2) is 41.1 Å². The number of nitrogens with one attached hydrogen (secondary N) is 1. The fourth-order valence-electron chi connectivity index (χ4n) is 2.85. The van der Waals surface area contributed by atoms with Crippen molar-refractivity contribution in [2.24, 2.45) is 0 Å². The second kappa shape index (κ2) is 8.98. The summed E-state index contributed by atoms with van der Waals surface area (Å²) in [6.45, 7) is 3.74. The Morgan fingerprint density at radius 2 is 1.46 bits per heavy atom. The fraction of sp³-hybridized carbons (Fsp3) is 0.300. The Hall–Kier alpha value is -3.42. The second-order valence-electron chi connectivity index (χ2n) is 6.20. The summed E-state index contributed by atoms with van der Waals surface area (Å²) in [7, 11) is 0. The number of hydrogen-bond donors (Lipinski definition) is 2. The Kier molecular flexibility index (Phi) is 6.70. The third-order valence-electron chi connectivity index (χ3n) is 4.01. The highest BCUT2D eigenvalue weighted by molar-refractivity contribution is 5.92. The molecule has 2 N–H and O–H groups in total. The summed E-state index contributed by atoms with van der Waals surface area (Å²) in [5.41, 5.74) is 0.799. The van der Waals surface area contributed by atoms with Crippen LogP contribution in [0.3, 0.4) is 0 Å². The number of ether oxygens (including phenoxy) is 2. The van der Waals surface area contributed by atoms with Crippen LogP contribution in [0.15, 0.2) is 42.5 Å². The molecule has 148 valence electrons. The number of carboxylic acid groups (broad SMARTS) is 1. The van der Waals surface area contributed by atoms with Crippen molar-refractivity contribution in [3.63, 3.8) is 0 Å². The number of amides is 1. The Bertz CT molecular complexity index is 903. The predicted octanol–water partition coefficient (Wildman–Crippen LogP) is 1.96. The maximum absolute atomic E-state index is 12.7. The van der Waals surface area contributed by atoms with E-state index in [-0.39, 0.29) is 0 Å². The lowest BCUT2D eigenvalue weighted by atomic mass is 9.99. The van der Waals surface area contributed by atoms with Crippen molar-refractivity contribution in [1.29, 1.82) is 0 Å². The van der Waals surface area contributed by atoms with Gasteiger partial charge in [0.05, 0.1) is 6.04 Å². The average molecular weight is 387 g/mol. The largest absolute Gasteiger partial charge is 0.478 e. The zero-order valence-electron chi connectivity index (χ0n) is 15.7. The van der Waals surface area contributed by atoms with E-state index in [1.165, 1.54) is 0 Å². The average Bonchev–Trinajstić information content (AvgIpc) is 2.63. The number of esters is 2. The molecule has 0 bridgehead atoms. The number of carbonyl (C=O) groups excluding carboxylic acids is 3. The van der Waals surface area contributed by atoms with Crippen molar-refractivity contribution < 1.29 is 33.8 Å². The number of fused-ring (bicyclic) bond motifs is 1. The summed E-state index contributed by atoms with van der Waals surface area (Å²) in [5, 5.41) is 13.8. The molecule has 2 rings (SSSR count). The highest BCUT2D eigenvalue weighted by atomic mass is 16.6. The van der Waals surface area contributed by atoms with Gasteiger partial charge in [-0.2, -0.15) is 0 Å². The van der Waals surface area contributed by atoms with Crippen LogP contribution in [0.4, 0.5) is 0 Å². The summed E-state index contributed by atoms with van der Waals surface area (Å²) in [4.78, 5) is 46.7. The van der Waals surface area contributed by atoms with Crippen molar-refractivity contribution in [3.05, 3.63) is 48.0 Å². The van der Waals surface area contributed by atoms with Crippen molar-refractivity contribution in [2.75, 3.05) is 0 Å². The lowest BCUT2D eigenvalue weighted by molar-refractivity contribution is -0.180. The monoisotopic (exact) mass is 387 g/mol. The van der Waals surface area contributed by atoms with E-state index in [0.717, 1.165) is 30.2 Å². The first-order valence-corrected chi connectivity index (χ1v) is 8.56. The van der Waals surface area contributed by atoms with Gasteiger partial charge in [0.15, 0.2) is 0 Å². The normalized spacial score (nSPS) is 13.8. The van der Waals surface area contributed by atoms with Crippen LogP contribution in [0.25, 0.3) is 10.8 Å². The molecule has 0 spiro atoms. The van der Waals surface area contributed by atoms with Gasteiger partial charge >= 0.3 is 17.9 Å². The van der Waals surface area contributed by atoms with Gasteiger partial charge in [-0.3, -0.25) is 14.4 Å². The fourth-order valence-corrected chi connectivity index (χ4v) is 2.85. The molecule has 3 atom stereocenters. The van der Waals surface area contributed by atoms with Crippen molar-refractivity contribution in [1.82, 2.24) is 5.32 Å². The van der Waals surface area contributed by atoms with E-state index in [1.807, 2.05) is 42.5 Å². The molecule has 2 aromatic carbocycles. The second-order valence-corrected chi connectivity index (χ2v) is 6.20. The SMILES string of the molecule is CC(=O)OC(C(=O)O)C(OC(C)=O)C(=O)NC(C)c1cccc2ccccc12. The van der Waals surface area contributed by atoms with Crippen molar-refractivity contribution >= 4 is 34.6 Å². The van der Waals surface area contributed by atoms with Crippen molar-refractivity contribution in [3.8, 4) is 0 Å². The molecule has 0 radical (unpaired) electrons. The first-order valence-electron chi connectivity index (χ1n) is 8.56. The van der Waals surface area contributed by atoms with Gasteiger partial charge in [-0.25, -0.2) is 4.79 Å². The van der Waals surface area contributed by atoms with Gasteiger partial charge in [-0.1, -0.05) is 42.5 Å². The van der Waals surface area contributed by atoms with Crippen LogP contribution in [0.1, 0.15) is 32.4 Å². The highest BCUT2D eigenvalue weighted by Crippen LogP contribution is 2.24. The Balaban J connectivity index is 2.29. The molecule has 2 aromatic rings. The molecule has 0 aromatic heterocycles. The minimum Gasteiger partial charge on any atom is -0.478 e. The van der Waals surface area contributed by atoms with E-state index in [1.54, 1.807) is 6.92 Å². The maximum atomic E-state index is 12.7. The summed E-state index contributed by atoms with van der Waals surface area (Å²) >= 11 is 0. The first-order chi connectivity index (χ1) is 13.2. The van der Waals surface area contributed by atoms with Gasteiger partial charge in [-0.05, 0) is 23.3 Å². The Morgan fingerprint density at radius 3 is 2.07 bits per heavy atom. The molecule has 0 aliphatic carbocycles. The third kappa shape index (κ3) is 5.06. The van der Waals surface area contributed by atoms with E-state index < -0.39 is 42.1 Å². The molecule has 8 nitrogen and oxygen atoms in total. The van der Waals surface area contributed by atoms with Gasteiger partial charge in [0.25, 0.3) is 5.91 Å². The summed E-state index contributed by atoms with van der Waals surface area (Å²) < 4.78 is 9.53. The number of hydrogen-bond acceptors (Lipinski definition) is 6. The topological polar surface area (TPSA) is 119 Å². The number of aliphatic carboxylic acids is 1. The minimum atomic E-state index is -1.96. The maximum Gasteiger partial charge on any atom is 0.349 e. The number of rotatable bonds is 7. The van der Waals surface area contributed by atoms with E-state index in [0.29, 0.717) is 0 Å². The molecule has 3 unspecified atom stereocenters. The van der Waals surface area contributed by atoms with Crippen LogP contribution < -0.4 is 5.32 Å². The zero-order valence-corrected chi connectivity index (χ0v) is 15.7. The summed E-state index contributed by atoms with van der Waals surface area (Å²) in [6, 6.07) is 12.6. The van der Waals surface area contributed by atoms with Crippen LogP contribution >= 0.6 is 0 Å². The Labute approximate surface area is 161 Å². The van der Waals surface area contributed by atoms with Crippen LogP contribution in [-0.2, 0) is 28.7 Å². The van der Waals surface area contributed by atoms with Crippen LogP contribution in [0, 0.1) is 0 Å². The minimum absolute atomic E-state index is 0.525. The summed E-state index contributed by atoms with van der Waals surface area (Å²) in [5.74, 6) is -4.28. The molecular formula is C20H21NO7. The molecule has 28 heavy (non-hydrogen) atoms. The number of carbonyl (C=O) groups is 4. The van der Waals surface area contributed by atoms with Gasteiger partial charge in [0.2, 0.25) is 12.2 Å². The predicted molar refractivity (Wildman–Crippen MR) is 99.2 cm³/mol. The third-order valence-corrected chi connectivity index (χ3v) is 4.01. The molecule has 0 aliphatic heterocycles. The lowest BCUT2D eigenvalue weighted by Gasteiger charge is -2.24. The van der Waals surface area contributed by atoms with Gasteiger partial charge in [-0.15, -0.1) is 0 Å². The van der Waals surface area contributed by atoms with Crippen LogP contribution in [0.5, 0.6) is 0 Å². The lowest BCUT2D eigenvalue weighted by Crippen LogP contribution is -2.50. The smallest absolute Gasteiger partial charge is 0.349 e. The van der Waals surface area contributed by atoms with Crippen molar-refractivity contribution in [2.45, 2.75) is 39.0 Å². The van der Waals surface area contributed by atoms with E-state index in [9.17, 15) is 24.3 Å². The van der Waals surface area contributed by atoms with Gasteiger partial charge < -0.3 is 19.9 Å². The molecule has 0 aliphatic rings. The molecule has 8 heteroatoms. The first kappa shape index (κ1) is 20.9. The quantitative estimate of drug-likeness (QED) is 0.697. The standard InChI is InChI=1S/C20H21NO7/c1-11(15-10-6-8-14-7-4-5-9-16(14)15)21-19(24)17(27-12(2)22)18(20(25)26)28-13(3)23/h4-11,17-18H,1-3H3,(H,21,24)(H,25,26). The highest BCUT2D eigenvalue weighted by Gasteiger charge is 2.40. The molecular weight excluding hydrogens is 366 g/mol. The summed E-state index contributed by atoms with van der Waals surface area (Å²) in [6.07, 6.45) is -3.78. The molecule has 1 amide bonds. The van der Waals surface area contributed by atoms with E-state index in [2.05, 4.69) is 10.1 Å². The Morgan fingerprint density at radius 1 is 0.893 bits per heavy atom. The number of benzene rings is 2. The van der Waals surface area contributed by atoms with Crippen LogP contribution in [0.2, 0.25) is 0 Å². The van der Waals surface area contributed by atoms with Gasteiger partial charge in [0.1, 0.15) is 0 Å². The molecule has 0 heterocycles. The molecule has 0 saturated heterocycles. The molecule has 0 fully saturated rings. The van der Waals surface area contributed by atoms with Gasteiger partial charge in [0, 0.05) is 13.8 Å². The zero-order chi connectivity index (χ0) is 20.8. The van der Waals surface area contributed by atoms with E-state index in [4.69, 9.17) is 4.74 Å². The van der Waals surface area contributed by atoms with E-state index >= 15 is 0 Å². The number of carboxylic acids is 1. The molecule has 0 saturated carbocycles.